The summed E-state index contributed by atoms with van der Waals surface area (Å²) in [7, 11) is 0. The summed E-state index contributed by atoms with van der Waals surface area (Å²) >= 11 is 1.61. The first-order valence-electron chi connectivity index (χ1n) is 5.90. The van der Waals surface area contributed by atoms with E-state index in [9.17, 15) is 4.79 Å². The Bertz CT molecular complexity index is 293. The summed E-state index contributed by atoms with van der Waals surface area (Å²) in [6, 6.07) is 0.282. The van der Waals surface area contributed by atoms with Crippen molar-refractivity contribution < 1.29 is 4.79 Å². The van der Waals surface area contributed by atoms with E-state index >= 15 is 0 Å². The van der Waals surface area contributed by atoms with Gasteiger partial charge in [-0.3, -0.25) is 4.79 Å². The number of hydrogen-bond donors (Lipinski definition) is 3. The number of thioether (sulfide) groups is 1. The molecule has 1 fully saturated rings. The zero-order valence-corrected chi connectivity index (χ0v) is 10.2. The molecule has 2 atom stereocenters. The molecule has 1 aliphatic carbocycles. The van der Waals surface area contributed by atoms with Gasteiger partial charge in [-0.2, -0.15) is 0 Å². The third-order valence-corrected chi connectivity index (χ3v) is 4.12. The second kappa shape index (κ2) is 5.59. The first kappa shape index (κ1) is 11.8. The van der Waals surface area contributed by atoms with Gasteiger partial charge in [-0.05, 0) is 12.8 Å². The summed E-state index contributed by atoms with van der Waals surface area (Å²) in [5.74, 6) is 0.982. The van der Waals surface area contributed by atoms with Gasteiger partial charge in [0.15, 0.2) is 0 Å². The van der Waals surface area contributed by atoms with Crippen LogP contribution in [-0.2, 0) is 4.79 Å². The molecule has 0 aromatic heterocycles. The molecule has 2 aliphatic rings. The van der Waals surface area contributed by atoms with Gasteiger partial charge in [-0.25, -0.2) is 0 Å². The van der Waals surface area contributed by atoms with Crippen molar-refractivity contribution >= 4 is 17.7 Å². The van der Waals surface area contributed by atoms with Crippen LogP contribution in [-0.4, -0.2) is 30.3 Å². The van der Waals surface area contributed by atoms with Crippen LogP contribution in [0.3, 0.4) is 0 Å². The molecule has 1 saturated carbocycles. The molecular formula is C11H19N3OS. The second-order valence-corrected chi connectivity index (χ2v) is 5.48. The van der Waals surface area contributed by atoms with Crippen molar-refractivity contribution in [1.82, 2.24) is 10.6 Å². The first-order valence-corrected chi connectivity index (χ1v) is 6.89. The van der Waals surface area contributed by atoms with Crippen molar-refractivity contribution in [2.75, 3.05) is 12.3 Å². The highest BCUT2D eigenvalue weighted by molar-refractivity contribution is 8.04. The fourth-order valence-corrected chi connectivity index (χ4v) is 2.93. The molecule has 4 N–H and O–H groups in total. The molecular weight excluding hydrogens is 222 g/mol. The summed E-state index contributed by atoms with van der Waals surface area (Å²) < 4.78 is 0. The maximum Gasteiger partial charge on any atom is 0.259 e. The van der Waals surface area contributed by atoms with Gasteiger partial charge in [0.05, 0.1) is 4.91 Å². The van der Waals surface area contributed by atoms with Crippen molar-refractivity contribution in [3.05, 3.63) is 11.1 Å². The zero-order chi connectivity index (χ0) is 11.4. The number of carbonyl (C=O) groups is 1. The molecule has 4 nitrogen and oxygen atoms in total. The predicted molar refractivity (Wildman–Crippen MR) is 66.9 cm³/mol. The van der Waals surface area contributed by atoms with Crippen LogP contribution in [0.15, 0.2) is 11.1 Å². The Kier molecular flexibility index (Phi) is 4.12. The molecule has 90 valence electrons. The molecule has 1 heterocycles. The van der Waals surface area contributed by atoms with Crippen LogP contribution in [0.4, 0.5) is 0 Å². The van der Waals surface area contributed by atoms with Crippen molar-refractivity contribution in [2.24, 2.45) is 5.73 Å². The molecule has 0 bridgehead atoms. The quantitative estimate of drug-likeness (QED) is 0.660. The lowest BCUT2D eigenvalue weighted by atomic mass is 9.91. The van der Waals surface area contributed by atoms with Gasteiger partial charge in [0.25, 0.3) is 5.91 Å². The summed E-state index contributed by atoms with van der Waals surface area (Å²) in [5, 5.41) is 6.13. The fraction of sp³-hybridized carbons (Fsp3) is 0.727. The SMILES string of the molecule is N[C@@H]1CCCC[C@@H]1NC(=O)C1=CNCCS1. The van der Waals surface area contributed by atoms with Gasteiger partial charge in [0.2, 0.25) is 0 Å². The molecule has 2 rings (SSSR count). The first-order chi connectivity index (χ1) is 7.77. The monoisotopic (exact) mass is 241 g/mol. The van der Waals surface area contributed by atoms with E-state index < -0.39 is 0 Å². The number of carbonyl (C=O) groups excluding carboxylic acids is 1. The van der Waals surface area contributed by atoms with Crippen molar-refractivity contribution in [1.29, 1.82) is 0 Å². The second-order valence-electron chi connectivity index (χ2n) is 4.34. The van der Waals surface area contributed by atoms with Crippen LogP contribution in [0.25, 0.3) is 0 Å². The minimum Gasteiger partial charge on any atom is -0.389 e. The van der Waals surface area contributed by atoms with E-state index in [2.05, 4.69) is 10.6 Å². The molecule has 0 saturated heterocycles. The Hall–Kier alpha value is -0.680. The minimum absolute atomic E-state index is 0.0274. The van der Waals surface area contributed by atoms with Crippen molar-refractivity contribution in [2.45, 2.75) is 37.8 Å². The van der Waals surface area contributed by atoms with E-state index in [0.29, 0.717) is 0 Å². The summed E-state index contributed by atoms with van der Waals surface area (Å²) in [6.45, 7) is 0.935. The maximum absolute atomic E-state index is 11.9. The van der Waals surface area contributed by atoms with Gasteiger partial charge >= 0.3 is 0 Å². The number of nitrogens with two attached hydrogens (primary N) is 1. The van der Waals surface area contributed by atoms with Crippen LogP contribution in [0, 0.1) is 0 Å². The molecule has 5 heteroatoms. The lowest BCUT2D eigenvalue weighted by molar-refractivity contribution is -0.117. The third-order valence-electron chi connectivity index (χ3n) is 3.10. The maximum atomic E-state index is 11.9. The molecule has 0 radical (unpaired) electrons. The summed E-state index contributed by atoms with van der Waals surface area (Å²) in [6.07, 6.45) is 6.20. The van der Waals surface area contributed by atoms with Crippen molar-refractivity contribution in [3.8, 4) is 0 Å². The smallest absolute Gasteiger partial charge is 0.259 e. The molecule has 1 aliphatic heterocycles. The van der Waals surface area contributed by atoms with Crippen LogP contribution in [0.5, 0.6) is 0 Å². The van der Waals surface area contributed by atoms with Gasteiger partial charge in [-0.15, -0.1) is 11.8 Å². The average molecular weight is 241 g/mol. The van der Waals surface area contributed by atoms with Gasteiger partial charge in [-0.1, -0.05) is 12.8 Å². The Morgan fingerprint density at radius 2 is 2.31 bits per heavy atom. The zero-order valence-electron chi connectivity index (χ0n) is 9.37. The van der Waals surface area contributed by atoms with Gasteiger partial charge < -0.3 is 16.4 Å². The lowest BCUT2D eigenvalue weighted by Gasteiger charge is -2.29. The van der Waals surface area contributed by atoms with E-state index in [1.165, 1.54) is 12.8 Å². The number of hydrogen-bond acceptors (Lipinski definition) is 4. The summed E-state index contributed by atoms with van der Waals surface area (Å²) in [5.41, 5.74) is 6.00. The molecule has 0 spiro atoms. The topological polar surface area (TPSA) is 67.1 Å². The van der Waals surface area contributed by atoms with E-state index in [4.69, 9.17) is 5.73 Å². The predicted octanol–water partition coefficient (Wildman–Crippen LogP) is 0.550. The van der Waals surface area contributed by atoms with E-state index in [-0.39, 0.29) is 18.0 Å². The van der Waals surface area contributed by atoms with Gasteiger partial charge in [0, 0.05) is 30.6 Å². The summed E-state index contributed by atoms with van der Waals surface area (Å²) in [4.78, 5) is 12.7. The Morgan fingerprint density at radius 1 is 1.50 bits per heavy atom. The highest BCUT2D eigenvalue weighted by atomic mass is 32.2. The van der Waals surface area contributed by atoms with Crippen molar-refractivity contribution in [3.63, 3.8) is 0 Å². The van der Waals surface area contributed by atoms with E-state index in [1.807, 2.05) is 0 Å². The number of amides is 1. The standard InChI is InChI=1S/C11H19N3OS/c12-8-3-1-2-4-9(8)14-11(15)10-7-13-5-6-16-10/h7-9,13H,1-6,12H2,(H,14,15)/t8-,9+/m1/s1. The molecule has 0 unspecified atom stereocenters. The Labute approximate surface area is 100 Å². The average Bonchev–Trinajstić information content (AvgIpc) is 2.33. The van der Waals surface area contributed by atoms with E-state index in [0.717, 1.165) is 30.0 Å². The molecule has 0 aromatic rings. The van der Waals surface area contributed by atoms with Crippen LogP contribution < -0.4 is 16.4 Å². The highest BCUT2D eigenvalue weighted by Crippen LogP contribution is 2.20. The third kappa shape index (κ3) is 2.92. The van der Waals surface area contributed by atoms with Crippen LogP contribution in [0.1, 0.15) is 25.7 Å². The lowest BCUT2D eigenvalue weighted by Crippen LogP contribution is -2.49. The fourth-order valence-electron chi connectivity index (χ4n) is 2.14. The van der Waals surface area contributed by atoms with E-state index in [1.54, 1.807) is 18.0 Å². The van der Waals surface area contributed by atoms with Crippen LogP contribution in [0.2, 0.25) is 0 Å². The number of nitrogens with one attached hydrogen (secondary N) is 2. The van der Waals surface area contributed by atoms with Crippen LogP contribution >= 0.6 is 11.8 Å². The minimum atomic E-state index is 0.0274. The molecule has 16 heavy (non-hydrogen) atoms. The number of rotatable bonds is 2. The normalized spacial score (nSPS) is 30.2. The Balaban J connectivity index is 1.88. The largest absolute Gasteiger partial charge is 0.389 e. The highest BCUT2D eigenvalue weighted by Gasteiger charge is 2.24. The molecule has 1 amide bonds. The van der Waals surface area contributed by atoms with Gasteiger partial charge in [0.1, 0.15) is 0 Å². The molecule has 0 aromatic carbocycles. The Morgan fingerprint density at radius 3 is 3.00 bits per heavy atom.